The predicted octanol–water partition coefficient (Wildman–Crippen LogP) is 4.26. The van der Waals surface area contributed by atoms with Gasteiger partial charge in [0.2, 0.25) is 0 Å². The van der Waals surface area contributed by atoms with Crippen LogP contribution in [-0.2, 0) is 4.74 Å². The summed E-state index contributed by atoms with van der Waals surface area (Å²) in [6.45, 7) is 3.67. The van der Waals surface area contributed by atoms with Gasteiger partial charge in [0, 0.05) is 43.2 Å². The molecular weight excluding hydrogens is 468 g/mol. The molecule has 9 heteroatoms. The maximum atomic E-state index is 13.3. The Kier molecular flexibility index (Phi) is 9.52. The van der Waals surface area contributed by atoms with Crippen molar-refractivity contribution >= 4 is 23.7 Å². The Morgan fingerprint density at radius 1 is 1.23 bits per heavy atom. The highest BCUT2D eigenvalue weighted by molar-refractivity contribution is 6.30. The number of likely N-dealkylation sites (tertiary alicyclic amines) is 1. The number of urea groups is 1. The van der Waals surface area contributed by atoms with Crippen LogP contribution < -0.4 is 16.0 Å². The highest BCUT2D eigenvalue weighted by Crippen LogP contribution is 2.36. The molecule has 1 aromatic rings. The predicted molar refractivity (Wildman–Crippen MR) is 136 cm³/mol. The largest absolute Gasteiger partial charge is 0.465 e. The van der Waals surface area contributed by atoms with Gasteiger partial charge in [-0.1, -0.05) is 43.0 Å². The third kappa shape index (κ3) is 7.48. The molecule has 4 N–H and O–H groups in total. The van der Waals surface area contributed by atoms with Crippen molar-refractivity contribution in [2.45, 2.75) is 57.1 Å². The van der Waals surface area contributed by atoms with E-state index in [1.165, 1.54) is 25.7 Å². The fourth-order valence-electron chi connectivity index (χ4n) is 5.74. The second-order valence-corrected chi connectivity index (χ2v) is 10.7. The summed E-state index contributed by atoms with van der Waals surface area (Å²) in [7, 11) is 0. The monoisotopic (exact) mass is 506 g/mol. The van der Waals surface area contributed by atoms with Crippen molar-refractivity contribution in [1.29, 1.82) is 0 Å². The minimum atomic E-state index is -1.07. The number of carbonyl (C=O) groups is 2. The molecule has 3 amide bonds. The van der Waals surface area contributed by atoms with E-state index in [9.17, 15) is 9.59 Å². The van der Waals surface area contributed by atoms with Gasteiger partial charge in [-0.2, -0.15) is 0 Å². The van der Waals surface area contributed by atoms with Crippen molar-refractivity contribution in [2.24, 2.45) is 17.8 Å². The molecule has 8 nitrogen and oxygen atoms in total. The summed E-state index contributed by atoms with van der Waals surface area (Å²) in [5.41, 5.74) is 0.956. The van der Waals surface area contributed by atoms with Crippen molar-refractivity contribution in [3.05, 3.63) is 34.9 Å². The number of rotatable bonds is 9. The van der Waals surface area contributed by atoms with Gasteiger partial charge in [-0.25, -0.2) is 9.59 Å². The van der Waals surface area contributed by atoms with E-state index in [-0.39, 0.29) is 37.2 Å². The van der Waals surface area contributed by atoms with Crippen molar-refractivity contribution in [1.82, 2.24) is 20.9 Å². The van der Waals surface area contributed by atoms with Crippen molar-refractivity contribution in [3.63, 3.8) is 0 Å². The van der Waals surface area contributed by atoms with E-state index in [2.05, 4.69) is 16.0 Å². The second kappa shape index (κ2) is 12.8. The molecule has 0 radical (unpaired) electrons. The van der Waals surface area contributed by atoms with E-state index in [1.54, 1.807) is 0 Å². The number of benzene rings is 1. The number of hydrogen-bond donors (Lipinski definition) is 4. The van der Waals surface area contributed by atoms with Crippen LogP contribution in [0.25, 0.3) is 0 Å². The highest BCUT2D eigenvalue weighted by Gasteiger charge is 2.34. The Labute approximate surface area is 213 Å². The SMILES string of the molecule is O=C(O)NCCO[C@@H](c1cccc(Cl)c1)C1CCCN(C(=O)N[C@@H]2CNCC[C@H]2CC2CCC2)C1. The van der Waals surface area contributed by atoms with Gasteiger partial charge in [-0.15, -0.1) is 0 Å². The van der Waals surface area contributed by atoms with Crippen LogP contribution in [0.3, 0.4) is 0 Å². The molecule has 3 aliphatic rings. The summed E-state index contributed by atoms with van der Waals surface area (Å²) in [6, 6.07) is 7.80. The topological polar surface area (TPSA) is 103 Å². The summed E-state index contributed by atoms with van der Waals surface area (Å²) >= 11 is 6.26. The molecule has 2 aliphatic heterocycles. The second-order valence-electron chi connectivity index (χ2n) is 10.3. The van der Waals surface area contributed by atoms with Gasteiger partial charge in [0.1, 0.15) is 0 Å². The maximum Gasteiger partial charge on any atom is 0.404 e. The van der Waals surface area contributed by atoms with Gasteiger partial charge >= 0.3 is 12.1 Å². The first kappa shape index (κ1) is 26.0. The molecule has 2 saturated heterocycles. The number of carboxylic acid groups (broad SMARTS) is 1. The lowest BCUT2D eigenvalue weighted by Gasteiger charge is -2.40. The number of ether oxygens (including phenoxy) is 1. The Hall–Kier alpha value is -2.03. The first-order chi connectivity index (χ1) is 17.0. The van der Waals surface area contributed by atoms with E-state index in [4.69, 9.17) is 21.4 Å². The molecular formula is C26H39ClN4O4. The molecule has 1 aliphatic carbocycles. The third-order valence-corrected chi connectivity index (χ3v) is 8.06. The molecule has 35 heavy (non-hydrogen) atoms. The van der Waals surface area contributed by atoms with E-state index in [0.29, 0.717) is 17.5 Å². The number of nitrogens with zero attached hydrogens (tertiary/aromatic N) is 1. The number of carbonyl (C=O) groups excluding carboxylic acids is 1. The van der Waals surface area contributed by atoms with Crippen LogP contribution in [0, 0.1) is 17.8 Å². The fraction of sp³-hybridized carbons (Fsp3) is 0.692. The lowest BCUT2D eigenvalue weighted by Crippen LogP contribution is -2.56. The number of nitrogens with one attached hydrogen (secondary N) is 3. The van der Waals surface area contributed by atoms with Gasteiger partial charge in [-0.05, 0) is 61.8 Å². The minimum Gasteiger partial charge on any atom is -0.465 e. The van der Waals surface area contributed by atoms with Gasteiger partial charge in [0.25, 0.3) is 0 Å². The average Bonchev–Trinajstić information content (AvgIpc) is 2.82. The smallest absolute Gasteiger partial charge is 0.404 e. The van der Waals surface area contributed by atoms with Crippen molar-refractivity contribution in [3.8, 4) is 0 Å². The van der Waals surface area contributed by atoms with Crippen molar-refractivity contribution in [2.75, 3.05) is 39.3 Å². The zero-order valence-corrected chi connectivity index (χ0v) is 21.1. The van der Waals surface area contributed by atoms with Gasteiger partial charge in [0.05, 0.1) is 12.7 Å². The quantitative estimate of drug-likeness (QED) is 0.375. The van der Waals surface area contributed by atoms with Crippen LogP contribution in [0.4, 0.5) is 9.59 Å². The molecule has 4 rings (SSSR count). The zero-order valence-electron chi connectivity index (χ0n) is 20.4. The van der Waals surface area contributed by atoms with E-state index in [1.807, 2.05) is 29.2 Å². The summed E-state index contributed by atoms with van der Waals surface area (Å²) < 4.78 is 6.18. The Morgan fingerprint density at radius 2 is 2.09 bits per heavy atom. The number of hydrogen-bond acceptors (Lipinski definition) is 4. The normalized spacial score (nSPS) is 26.0. The van der Waals surface area contributed by atoms with Crippen molar-refractivity contribution < 1.29 is 19.4 Å². The number of halogens is 1. The van der Waals surface area contributed by atoms with Crippen LogP contribution in [0.2, 0.25) is 5.02 Å². The third-order valence-electron chi connectivity index (χ3n) is 7.82. The first-order valence-corrected chi connectivity index (χ1v) is 13.5. The molecule has 1 aromatic carbocycles. The van der Waals surface area contributed by atoms with Gasteiger partial charge < -0.3 is 30.7 Å². The van der Waals surface area contributed by atoms with Crippen LogP contribution in [0.1, 0.15) is 56.6 Å². The summed E-state index contributed by atoms with van der Waals surface area (Å²) in [5.74, 6) is 1.49. The maximum absolute atomic E-state index is 13.3. The Balaban J connectivity index is 1.37. The fourth-order valence-corrected chi connectivity index (χ4v) is 5.94. The number of piperidine rings is 2. The first-order valence-electron chi connectivity index (χ1n) is 13.1. The Bertz CT molecular complexity index is 852. The molecule has 0 aromatic heterocycles. The molecule has 2 heterocycles. The number of amides is 3. The standard InChI is InChI=1S/C26H39ClN4O4/c27-22-8-2-6-20(15-22)24(35-13-11-29-26(33)34)21-7-3-12-31(17-21)25(32)30-23-16-28-10-9-19(23)14-18-4-1-5-18/h2,6,8,15,18-19,21,23-24,28-29H,1,3-5,7,9-14,16-17H2,(H,30,32)(H,33,34)/t19-,21?,23+,24-/m0/s1. The van der Waals surface area contributed by atoms with E-state index in [0.717, 1.165) is 50.4 Å². The molecule has 1 saturated carbocycles. The molecule has 3 fully saturated rings. The van der Waals surface area contributed by atoms with Crippen LogP contribution >= 0.6 is 11.6 Å². The minimum absolute atomic E-state index is 0.0133. The lowest BCUT2D eigenvalue weighted by molar-refractivity contribution is -0.00866. The molecule has 194 valence electrons. The summed E-state index contributed by atoms with van der Waals surface area (Å²) in [6.07, 6.45) is 6.89. The highest BCUT2D eigenvalue weighted by atomic mass is 35.5. The average molecular weight is 507 g/mol. The van der Waals surface area contributed by atoms with Crippen LogP contribution in [-0.4, -0.2) is 67.5 Å². The van der Waals surface area contributed by atoms with Crippen LogP contribution in [0.15, 0.2) is 24.3 Å². The molecule has 4 atom stereocenters. The molecule has 1 unspecified atom stereocenters. The summed E-state index contributed by atoms with van der Waals surface area (Å²) in [5, 5.41) is 18.6. The van der Waals surface area contributed by atoms with Gasteiger partial charge in [-0.3, -0.25) is 0 Å². The van der Waals surface area contributed by atoms with E-state index >= 15 is 0 Å². The summed E-state index contributed by atoms with van der Waals surface area (Å²) in [4.78, 5) is 26.1. The molecule has 0 bridgehead atoms. The molecule has 0 spiro atoms. The van der Waals surface area contributed by atoms with E-state index < -0.39 is 6.09 Å². The van der Waals surface area contributed by atoms with Crippen LogP contribution in [0.5, 0.6) is 0 Å². The lowest BCUT2D eigenvalue weighted by atomic mass is 9.75. The Morgan fingerprint density at radius 3 is 2.83 bits per heavy atom. The van der Waals surface area contributed by atoms with Gasteiger partial charge in [0.15, 0.2) is 0 Å². The zero-order chi connectivity index (χ0) is 24.6.